The number of nitrogens with two attached hydrogens (primary N) is 1. The third kappa shape index (κ3) is 6.08. The van der Waals surface area contributed by atoms with Gasteiger partial charge in [-0.05, 0) is 44.7 Å². The van der Waals surface area contributed by atoms with Crippen LogP contribution in [0.2, 0.25) is 0 Å². The molecule has 0 fully saturated rings. The maximum Gasteiger partial charge on any atom is 0.286 e. The molecule has 3 N–H and O–H groups in total. The zero-order valence-electron chi connectivity index (χ0n) is 24.1. The number of carbonyl (C=O) groups excluding carboxylic acids is 2. The number of anilines is 1. The molecule has 1 atom stereocenters. The van der Waals surface area contributed by atoms with E-state index in [-0.39, 0.29) is 23.4 Å². The molecular weight excluding hydrogens is 522 g/mol. The number of nitrogen functional groups attached to an aromatic ring is 1. The van der Waals surface area contributed by atoms with Gasteiger partial charge in [-0.2, -0.15) is 0 Å². The molecule has 11 nitrogen and oxygen atoms in total. The third-order valence-corrected chi connectivity index (χ3v) is 7.04. The lowest BCUT2D eigenvalue weighted by atomic mass is 9.88. The number of ketones is 1. The van der Waals surface area contributed by atoms with E-state index in [0.717, 1.165) is 17.7 Å². The highest BCUT2D eigenvalue weighted by Gasteiger charge is 2.35. The monoisotopic (exact) mass is 557 g/mol. The highest BCUT2D eigenvalue weighted by atomic mass is 16.4. The molecule has 0 radical (unpaired) electrons. The quantitative estimate of drug-likeness (QED) is 0.278. The molecule has 11 heteroatoms. The topological polar surface area (TPSA) is 159 Å². The molecule has 0 saturated heterocycles. The van der Waals surface area contributed by atoms with Crippen molar-refractivity contribution in [3.05, 3.63) is 87.7 Å². The number of pyridine rings is 1. The van der Waals surface area contributed by atoms with E-state index in [1.807, 2.05) is 32.0 Å². The van der Waals surface area contributed by atoms with Crippen LogP contribution >= 0.6 is 0 Å². The fourth-order valence-electron chi connectivity index (χ4n) is 4.35. The van der Waals surface area contributed by atoms with Gasteiger partial charge in [0.2, 0.25) is 17.6 Å². The first-order valence-corrected chi connectivity index (χ1v) is 13.5. The largest absolute Gasteiger partial charge is 0.417 e. The van der Waals surface area contributed by atoms with Crippen molar-refractivity contribution in [3.63, 3.8) is 0 Å². The summed E-state index contributed by atoms with van der Waals surface area (Å²) in [4.78, 5) is 48.7. The van der Waals surface area contributed by atoms with Crippen LogP contribution in [0.25, 0.3) is 11.4 Å². The van der Waals surface area contributed by atoms with Crippen LogP contribution in [0.1, 0.15) is 68.1 Å². The van der Waals surface area contributed by atoms with Crippen LogP contribution in [0.4, 0.5) is 5.69 Å². The number of hydrogen-bond donors (Lipinski definition) is 2. The summed E-state index contributed by atoms with van der Waals surface area (Å²) in [6.45, 7) is 10.6. The molecule has 3 heterocycles. The van der Waals surface area contributed by atoms with Crippen LogP contribution in [0, 0.1) is 12.8 Å². The van der Waals surface area contributed by atoms with Gasteiger partial charge in [0.1, 0.15) is 18.1 Å². The van der Waals surface area contributed by atoms with E-state index in [1.165, 1.54) is 4.57 Å². The van der Waals surface area contributed by atoms with Gasteiger partial charge in [-0.1, -0.05) is 57.2 Å². The number of Topliss-reactive ketones (excluding diaryl/α,β-unsaturated/α-hetero) is 1. The number of rotatable bonds is 10. The van der Waals surface area contributed by atoms with Crippen LogP contribution in [0.15, 0.2) is 57.9 Å². The van der Waals surface area contributed by atoms with Crippen LogP contribution < -0.4 is 16.6 Å². The molecule has 4 aromatic rings. The van der Waals surface area contributed by atoms with Gasteiger partial charge in [-0.25, -0.2) is 4.98 Å². The van der Waals surface area contributed by atoms with E-state index >= 15 is 0 Å². The van der Waals surface area contributed by atoms with E-state index < -0.39 is 35.3 Å². The number of aromatic nitrogens is 5. The van der Waals surface area contributed by atoms with Gasteiger partial charge in [0.05, 0.1) is 22.8 Å². The van der Waals surface area contributed by atoms with E-state index in [1.54, 1.807) is 51.2 Å². The average molecular weight is 558 g/mol. The Bertz CT molecular complexity index is 1610. The fourth-order valence-corrected chi connectivity index (χ4v) is 4.35. The van der Waals surface area contributed by atoms with Gasteiger partial charge < -0.3 is 15.5 Å². The first-order valence-electron chi connectivity index (χ1n) is 13.5. The second-order valence-corrected chi connectivity index (χ2v) is 10.8. The van der Waals surface area contributed by atoms with Crippen molar-refractivity contribution in [2.45, 2.75) is 66.0 Å². The number of aryl methyl sites for hydroxylation is 2. The maximum atomic E-state index is 13.5. The minimum Gasteiger partial charge on any atom is -0.417 e. The Labute approximate surface area is 238 Å². The lowest BCUT2D eigenvalue weighted by Crippen LogP contribution is -2.46. The van der Waals surface area contributed by atoms with E-state index in [9.17, 15) is 14.4 Å². The fraction of sp³-hybridized carbons (Fsp3) is 0.367. The van der Waals surface area contributed by atoms with E-state index in [2.05, 4.69) is 32.4 Å². The smallest absolute Gasteiger partial charge is 0.286 e. The summed E-state index contributed by atoms with van der Waals surface area (Å²) in [5.74, 6) is -1.11. The van der Waals surface area contributed by atoms with Crippen molar-refractivity contribution in [2.75, 3.05) is 5.73 Å². The number of nitrogens with one attached hydrogen (secondary N) is 1. The van der Waals surface area contributed by atoms with Crippen molar-refractivity contribution in [1.29, 1.82) is 0 Å². The minimum absolute atomic E-state index is 0.0474. The molecule has 3 aromatic heterocycles. The van der Waals surface area contributed by atoms with Gasteiger partial charge in [0.25, 0.3) is 11.4 Å². The molecule has 0 aliphatic heterocycles. The third-order valence-electron chi connectivity index (χ3n) is 7.04. The van der Waals surface area contributed by atoms with Crippen molar-refractivity contribution in [3.8, 4) is 11.4 Å². The molecule has 0 spiro atoms. The summed E-state index contributed by atoms with van der Waals surface area (Å²) in [6, 6.07) is 11.9. The Hall–Kier alpha value is -4.67. The summed E-state index contributed by atoms with van der Waals surface area (Å²) in [5, 5.41) is 10.9. The van der Waals surface area contributed by atoms with Gasteiger partial charge >= 0.3 is 0 Å². The van der Waals surface area contributed by atoms with Crippen LogP contribution in [0.5, 0.6) is 0 Å². The van der Waals surface area contributed by atoms with Gasteiger partial charge in [0.15, 0.2) is 0 Å². The molecule has 0 aliphatic rings. The second kappa shape index (κ2) is 11.8. The molecule has 1 amide bonds. The van der Waals surface area contributed by atoms with Crippen molar-refractivity contribution in [1.82, 2.24) is 30.0 Å². The lowest BCUT2D eigenvalue weighted by Gasteiger charge is -2.21. The van der Waals surface area contributed by atoms with E-state index in [4.69, 9.17) is 10.2 Å². The highest BCUT2D eigenvalue weighted by molar-refractivity contribution is 5.98. The molecule has 4 rings (SSSR count). The summed E-state index contributed by atoms with van der Waals surface area (Å²) < 4.78 is 7.04. The van der Waals surface area contributed by atoms with Gasteiger partial charge in [0, 0.05) is 11.8 Å². The normalized spacial score (nSPS) is 12.4. The summed E-state index contributed by atoms with van der Waals surface area (Å²) in [7, 11) is 0. The molecular formula is C30H35N7O4. The number of nitrogens with zero attached hydrogens (tertiary/aromatic N) is 5. The van der Waals surface area contributed by atoms with Crippen LogP contribution in [0.3, 0.4) is 0 Å². The van der Waals surface area contributed by atoms with Crippen LogP contribution in [-0.2, 0) is 23.2 Å². The summed E-state index contributed by atoms with van der Waals surface area (Å²) in [5.41, 5.74) is 7.46. The SMILES string of the molecule is CCc1ccc(C(C)(C)c2nnc(C(=O)[C@H](NC(=O)Cn3c(-c4ccccc4)nc(C)c(N)c3=O)C(C)C)o2)nc1. The summed E-state index contributed by atoms with van der Waals surface area (Å²) in [6.07, 6.45) is 2.67. The second-order valence-electron chi connectivity index (χ2n) is 10.8. The molecule has 0 bridgehead atoms. The van der Waals surface area contributed by atoms with E-state index in [0.29, 0.717) is 17.1 Å². The van der Waals surface area contributed by atoms with Crippen molar-refractivity contribution >= 4 is 17.4 Å². The molecule has 0 unspecified atom stereocenters. The first-order chi connectivity index (χ1) is 19.4. The molecule has 0 saturated carbocycles. The van der Waals surface area contributed by atoms with Gasteiger partial charge in [-0.3, -0.25) is 23.9 Å². The van der Waals surface area contributed by atoms with Crippen LogP contribution in [-0.4, -0.2) is 42.5 Å². The Morgan fingerprint density at radius 2 is 1.80 bits per heavy atom. The van der Waals surface area contributed by atoms with Crippen molar-refractivity contribution in [2.24, 2.45) is 5.92 Å². The predicted molar refractivity (Wildman–Crippen MR) is 154 cm³/mol. The molecule has 41 heavy (non-hydrogen) atoms. The first kappa shape index (κ1) is 29.3. The zero-order chi connectivity index (χ0) is 29.9. The Morgan fingerprint density at radius 3 is 2.41 bits per heavy atom. The average Bonchev–Trinajstić information content (AvgIpc) is 3.47. The Morgan fingerprint density at radius 1 is 1.10 bits per heavy atom. The zero-order valence-corrected chi connectivity index (χ0v) is 24.1. The van der Waals surface area contributed by atoms with Crippen molar-refractivity contribution < 1.29 is 14.0 Å². The number of amides is 1. The minimum atomic E-state index is -0.979. The van der Waals surface area contributed by atoms with Gasteiger partial charge in [-0.15, -0.1) is 10.2 Å². The summed E-state index contributed by atoms with van der Waals surface area (Å²) >= 11 is 0. The highest BCUT2D eigenvalue weighted by Crippen LogP contribution is 2.29. The molecule has 0 aliphatic carbocycles. The number of benzene rings is 1. The number of carbonyl (C=O) groups is 2. The lowest BCUT2D eigenvalue weighted by molar-refractivity contribution is -0.122. The molecule has 1 aromatic carbocycles. The Balaban J connectivity index is 1.57. The maximum absolute atomic E-state index is 13.5. The molecule has 214 valence electrons. The predicted octanol–water partition coefficient (Wildman–Crippen LogP) is 3.49. The standard InChI is InChI=1S/C30H35N7O4/c1-7-19-13-14-21(32-15-19)30(5,6)29-36-35-27(41-29)25(39)24(17(2)3)34-22(38)16-37-26(20-11-9-8-10-12-20)33-18(4)23(31)28(37)40/h8-15,17,24H,7,16,31H2,1-6H3,(H,34,38)/t24-/m1/s1. The Kier molecular flexibility index (Phi) is 8.46. The number of hydrogen-bond acceptors (Lipinski definition) is 9.